The molecule has 4 aromatic rings. The first kappa shape index (κ1) is 25.2. The number of hydrogen-bond acceptors (Lipinski definition) is 7. The van der Waals surface area contributed by atoms with Crippen molar-refractivity contribution in [3.63, 3.8) is 0 Å². The van der Waals surface area contributed by atoms with E-state index in [9.17, 15) is 9.18 Å². The molecular weight excluding hydrogens is 485 g/mol. The maximum atomic E-state index is 14.9. The van der Waals surface area contributed by atoms with Crippen LogP contribution in [0.3, 0.4) is 0 Å². The van der Waals surface area contributed by atoms with Crippen molar-refractivity contribution in [2.24, 2.45) is 0 Å². The number of halogens is 1. The number of carbonyl (C=O) groups is 1. The van der Waals surface area contributed by atoms with Crippen LogP contribution in [0.2, 0.25) is 0 Å². The minimum atomic E-state index is -0.316. The Morgan fingerprint density at radius 1 is 1.11 bits per heavy atom. The van der Waals surface area contributed by atoms with Gasteiger partial charge in [0.2, 0.25) is 0 Å². The third-order valence-electron chi connectivity index (χ3n) is 6.73. The Hall–Kier alpha value is -3.46. The van der Waals surface area contributed by atoms with Gasteiger partial charge >= 0.3 is 0 Å². The van der Waals surface area contributed by atoms with Gasteiger partial charge in [0.05, 0.1) is 5.69 Å². The summed E-state index contributed by atoms with van der Waals surface area (Å²) in [7, 11) is 2.10. The van der Waals surface area contributed by atoms with Gasteiger partial charge in [-0.1, -0.05) is 24.3 Å². The molecule has 37 heavy (non-hydrogen) atoms. The van der Waals surface area contributed by atoms with Crippen molar-refractivity contribution in [3.8, 4) is 11.3 Å². The van der Waals surface area contributed by atoms with Crippen LogP contribution >= 0.6 is 11.3 Å². The predicted octanol–water partition coefficient (Wildman–Crippen LogP) is 5.57. The molecule has 0 radical (unpaired) electrons. The number of aromatic nitrogens is 2. The molecule has 1 aliphatic rings. The molecule has 190 valence electrons. The number of carbonyl (C=O) groups excluding carboxylic acids is 1. The van der Waals surface area contributed by atoms with Crippen molar-refractivity contribution in [1.82, 2.24) is 19.8 Å². The second kappa shape index (κ2) is 11.3. The van der Waals surface area contributed by atoms with Crippen LogP contribution in [-0.4, -0.2) is 58.8 Å². The number of Topliss-reactive ketones (excluding diaryl/α,β-unsaturated/α-hetero) is 1. The van der Waals surface area contributed by atoms with Gasteiger partial charge < -0.3 is 10.2 Å². The Labute approximate surface area is 220 Å². The summed E-state index contributed by atoms with van der Waals surface area (Å²) in [6.45, 7) is 6.40. The molecule has 0 saturated carbocycles. The van der Waals surface area contributed by atoms with Crippen LogP contribution < -0.4 is 5.32 Å². The number of pyridine rings is 1. The normalized spacial score (nSPS) is 14.6. The number of benzene rings is 2. The molecule has 3 heterocycles. The van der Waals surface area contributed by atoms with Crippen molar-refractivity contribution in [2.75, 3.05) is 38.5 Å². The van der Waals surface area contributed by atoms with E-state index in [4.69, 9.17) is 0 Å². The SMILES string of the molecule is Cc1ccc(CC(=O)c2ccc(CN3CCN(C)CC3)c(F)c2)cc1Nc1nc(-c2cccnc2)cs1. The summed E-state index contributed by atoms with van der Waals surface area (Å²) in [6, 6.07) is 14.7. The second-order valence-electron chi connectivity index (χ2n) is 9.54. The lowest BCUT2D eigenvalue weighted by molar-refractivity contribution is 0.0992. The molecule has 1 aliphatic heterocycles. The smallest absolute Gasteiger partial charge is 0.187 e. The van der Waals surface area contributed by atoms with Crippen LogP contribution in [0, 0.1) is 12.7 Å². The first-order chi connectivity index (χ1) is 17.9. The van der Waals surface area contributed by atoms with Gasteiger partial charge in [-0.15, -0.1) is 11.3 Å². The lowest BCUT2D eigenvalue weighted by Gasteiger charge is -2.32. The molecule has 0 atom stereocenters. The van der Waals surface area contributed by atoms with Gasteiger partial charge in [0.15, 0.2) is 10.9 Å². The zero-order valence-electron chi connectivity index (χ0n) is 21.1. The van der Waals surface area contributed by atoms with E-state index < -0.39 is 0 Å². The monoisotopic (exact) mass is 515 g/mol. The quantitative estimate of drug-likeness (QED) is 0.310. The van der Waals surface area contributed by atoms with Crippen LogP contribution in [-0.2, 0) is 13.0 Å². The lowest BCUT2D eigenvalue weighted by atomic mass is 10.00. The highest BCUT2D eigenvalue weighted by Crippen LogP contribution is 2.29. The minimum absolute atomic E-state index is 0.104. The Morgan fingerprint density at radius 3 is 2.70 bits per heavy atom. The lowest BCUT2D eigenvalue weighted by Crippen LogP contribution is -2.44. The highest BCUT2D eigenvalue weighted by Gasteiger charge is 2.17. The van der Waals surface area contributed by atoms with Gasteiger partial charge in [-0.05, 0) is 49.4 Å². The number of anilines is 2. The largest absolute Gasteiger partial charge is 0.331 e. The average Bonchev–Trinajstić information content (AvgIpc) is 3.37. The third-order valence-corrected chi connectivity index (χ3v) is 7.49. The minimum Gasteiger partial charge on any atom is -0.331 e. The first-order valence-electron chi connectivity index (χ1n) is 12.4. The number of likely N-dealkylation sites (N-methyl/N-ethyl adjacent to an activating group) is 1. The zero-order chi connectivity index (χ0) is 25.8. The highest BCUT2D eigenvalue weighted by atomic mass is 32.1. The number of hydrogen-bond donors (Lipinski definition) is 1. The van der Waals surface area contributed by atoms with Gasteiger partial charge in [0, 0.05) is 79.3 Å². The molecule has 1 N–H and O–H groups in total. The highest BCUT2D eigenvalue weighted by molar-refractivity contribution is 7.14. The van der Waals surface area contributed by atoms with Gasteiger partial charge in [0.25, 0.3) is 0 Å². The Kier molecular flexibility index (Phi) is 7.69. The number of nitrogens with zero attached hydrogens (tertiary/aromatic N) is 4. The molecule has 2 aromatic heterocycles. The van der Waals surface area contributed by atoms with E-state index in [2.05, 4.69) is 32.1 Å². The fraction of sp³-hybridized carbons (Fsp3) is 0.276. The van der Waals surface area contributed by atoms with Crippen LogP contribution in [0.15, 0.2) is 66.3 Å². The summed E-state index contributed by atoms with van der Waals surface area (Å²) < 4.78 is 14.9. The van der Waals surface area contributed by atoms with E-state index >= 15 is 0 Å². The van der Waals surface area contributed by atoms with Gasteiger partial charge in [0.1, 0.15) is 5.82 Å². The van der Waals surface area contributed by atoms with Crippen molar-refractivity contribution >= 4 is 27.9 Å². The molecule has 5 rings (SSSR count). The Morgan fingerprint density at radius 2 is 1.95 bits per heavy atom. The molecule has 0 aliphatic carbocycles. The summed E-state index contributed by atoms with van der Waals surface area (Å²) in [5.41, 5.74) is 5.67. The molecular formula is C29H30FN5OS. The summed E-state index contributed by atoms with van der Waals surface area (Å²) >= 11 is 1.52. The molecule has 0 amide bonds. The number of piperazine rings is 1. The Balaban J connectivity index is 1.24. The van der Waals surface area contributed by atoms with Gasteiger partial charge in [-0.3, -0.25) is 14.7 Å². The van der Waals surface area contributed by atoms with Crippen LogP contribution in [0.4, 0.5) is 15.2 Å². The van der Waals surface area contributed by atoms with Crippen molar-refractivity contribution in [1.29, 1.82) is 0 Å². The van der Waals surface area contributed by atoms with Crippen LogP contribution in [0.25, 0.3) is 11.3 Å². The number of rotatable bonds is 8. The summed E-state index contributed by atoms with van der Waals surface area (Å²) in [4.78, 5) is 26.4. The van der Waals surface area contributed by atoms with Gasteiger partial charge in [-0.25, -0.2) is 9.37 Å². The van der Waals surface area contributed by atoms with Crippen molar-refractivity contribution in [3.05, 3.63) is 94.4 Å². The standard InChI is InChI=1S/C29H30FN5OS/c1-20-5-6-21(14-26(20)32-29-33-27(19-37-29)23-4-3-9-31-17-23)15-28(36)22-7-8-24(25(30)16-22)18-35-12-10-34(2)11-13-35/h3-9,14,16-17,19H,10-13,15,18H2,1-2H3,(H,32,33). The molecule has 2 aromatic carbocycles. The first-order valence-corrected chi connectivity index (χ1v) is 13.3. The number of aryl methyl sites for hydroxylation is 1. The molecule has 6 nitrogen and oxygen atoms in total. The Bertz CT molecular complexity index is 1380. The maximum absolute atomic E-state index is 14.9. The molecule has 1 fully saturated rings. The molecule has 0 bridgehead atoms. The summed E-state index contributed by atoms with van der Waals surface area (Å²) in [6.07, 6.45) is 3.73. The number of thiazole rings is 1. The molecule has 1 saturated heterocycles. The van der Waals surface area contributed by atoms with Crippen LogP contribution in [0.1, 0.15) is 27.0 Å². The van der Waals surface area contributed by atoms with Crippen molar-refractivity contribution < 1.29 is 9.18 Å². The molecule has 8 heteroatoms. The van der Waals surface area contributed by atoms with E-state index in [1.54, 1.807) is 24.5 Å². The summed E-state index contributed by atoms with van der Waals surface area (Å²) in [5, 5.41) is 6.14. The molecule has 0 spiro atoms. The average molecular weight is 516 g/mol. The number of nitrogens with one attached hydrogen (secondary N) is 1. The topological polar surface area (TPSA) is 61.4 Å². The van der Waals surface area contributed by atoms with E-state index in [-0.39, 0.29) is 18.0 Å². The predicted molar refractivity (Wildman–Crippen MR) is 147 cm³/mol. The van der Waals surface area contributed by atoms with E-state index in [1.165, 1.54) is 17.4 Å². The fourth-order valence-electron chi connectivity index (χ4n) is 4.39. The van der Waals surface area contributed by atoms with Crippen molar-refractivity contribution in [2.45, 2.75) is 19.9 Å². The van der Waals surface area contributed by atoms with E-state index in [0.29, 0.717) is 17.7 Å². The number of ketones is 1. The fourth-order valence-corrected chi connectivity index (χ4v) is 5.12. The van der Waals surface area contributed by atoms with Gasteiger partial charge in [-0.2, -0.15) is 0 Å². The molecule has 0 unspecified atom stereocenters. The second-order valence-corrected chi connectivity index (χ2v) is 10.4. The van der Waals surface area contributed by atoms with E-state index in [0.717, 1.165) is 59.4 Å². The van der Waals surface area contributed by atoms with Crippen LogP contribution in [0.5, 0.6) is 0 Å². The summed E-state index contributed by atoms with van der Waals surface area (Å²) in [5.74, 6) is -0.419. The third kappa shape index (κ3) is 6.28. The maximum Gasteiger partial charge on any atom is 0.187 e. The van der Waals surface area contributed by atoms with E-state index in [1.807, 2.05) is 42.6 Å². The zero-order valence-corrected chi connectivity index (χ0v) is 21.9.